The number of carbonyl (C=O) groups is 2. The molecule has 1 N–H and O–H groups in total. The summed E-state index contributed by atoms with van der Waals surface area (Å²) in [5.74, 6) is -0.791. The highest BCUT2D eigenvalue weighted by atomic mass is 31.2. The van der Waals surface area contributed by atoms with Gasteiger partial charge in [-0.1, -0.05) is 192 Å². The zero-order chi connectivity index (χ0) is 45.7. The van der Waals surface area contributed by atoms with Crippen molar-refractivity contribution in [3.05, 3.63) is 24.3 Å². The van der Waals surface area contributed by atoms with E-state index in [1.165, 1.54) is 180 Å². The Hall–Kier alpha value is -1.51. The van der Waals surface area contributed by atoms with Crippen LogP contribution in [0.25, 0.3) is 0 Å². The first-order valence-corrected chi connectivity index (χ1v) is 27.6. The Morgan fingerprint density at radius 2 is 0.823 bits per heavy atom. The van der Waals surface area contributed by atoms with Crippen molar-refractivity contribution in [2.45, 2.75) is 251 Å². The summed E-state index contributed by atoms with van der Waals surface area (Å²) in [4.78, 5) is 35.6. The first kappa shape index (κ1) is 60.5. The third-order valence-electron chi connectivity index (χ3n) is 11.5. The van der Waals surface area contributed by atoms with Gasteiger partial charge in [0.25, 0.3) is 0 Å². The normalized spacial score (nSPS) is 13.6. The number of hydrogen-bond donors (Lipinski definition) is 1. The largest absolute Gasteiger partial charge is 0.472 e. The molecule has 0 bridgehead atoms. The molecule has 62 heavy (non-hydrogen) atoms. The van der Waals surface area contributed by atoms with Crippen molar-refractivity contribution in [3.8, 4) is 0 Å². The van der Waals surface area contributed by atoms with E-state index in [4.69, 9.17) is 18.5 Å². The third kappa shape index (κ3) is 48.0. The number of ether oxygens (including phenoxy) is 2. The summed E-state index contributed by atoms with van der Waals surface area (Å²) in [5, 5.41) is 0. The fourth-order valence-electron chi connectivity index (χ4n) is 7.36. The van der Waals surface area contributed by atoms with Crippen molar-refractivity contribution in [3.63, 3.8) is 0 Å². The number of rotatable bonds is 48. The Bertz CT molecular complexity index is 1110. The molecule has 0 spiro atoms. The molecular formula is C52H101NO8P+. The molecular weight excluding hydrogens is 798 g/mol. The Kier molecular flexibility index (Phi) is 43.6. The Labute approximate surface area is 383 Å². The average molecular weight is 899 g/mol. The number of unbranched alkanes of at least 4 members (excludes halogenated alkanes) is 30. The summed E-state index contributed by atoms with van der Waals surface area (Å²) in [7, 11) is 1.48. The highest BCUT2D eigenvalue weighted by Gasteiger charge is 2.27. The van der Waals surface area contributed by atoms with Crippen molar-refractivity contribution in [2.24, 2.45) is 0 Å². The van der Waals surface area contributed by atoms with Crippen LogP contribution in [-0.2, 0) is 32.7 Å². The van der Waals surface area contributed by atoms with Gasteiger partial charge < -0.3 is 18.9 Å². The number of likely N-dealkylation sites (N-methyl/N-ethyl adjacent to an activating group) is 1. The number of quaternary nitrogens is 1. The second-order valence-corrected chi connectivity index (χ2v) is 20.4. The molecule has 0 aromatic carbocycles. The van der Waals surface area contributed by atoms with Crippen LogP contribution in [-0.4, -0.2) is 74.9 Å². The average Bonchev–Trinajstić information content (AvgIpc) is 3.23. The molecule has 9 nitrogen and oxygen atoms in total. The van der Waals surface area contributed by atoms with Crippen LogP contribution in [0.15, 0.2) is 24.3 Å². The summed E-state index contributed by atoms with van der Waals surface area (Å²) >= 11 is 0. The monoisotopic (exact) mass is 899 g/mol. The Morgan fingerprint density at radius 1 is 0.484 bits per heavy atom. The minimum absolute atomic E-state index is 0.0331. The molecule has 1 unspecified atom stereocenters. The topological polar surface area (TPSA) is 108 Å². The van der Waals surface area contributed by atoms with Crippen LogP contribution in [0.2, 0.25) is 0 Å². The number of carbonyl (C=O) groups excluding carboxylic acids is 2. The predicted octanol–water partition coefficient (Wildman–Crippen LogP) is 15.5. The van der Waals surface area contributed by atoms with E-state index >= 15 is 0 Å². The SMILES string of the molecule is CCCCCC/C=C/CCCCCCCCCCCC(=O)OC[C@H](COP(=O)(O)OCC[N+](C)(C)C)OC(=O)CCCCCCCCCCCCC/C=C/CCCCCCCC. The zero-order valence-corrected chi connectivity index (χ0v) is 42.3. The molecule has 0 aliphatic heterocycles. The fraction of sp³-hybridized carbons (Fsp3) is 0.885. The summed E-state index contributed by atoms with van der Waals surface area (Å²) in [6, 6.07) is 0. The van der Waals surface area contributed by atoms with E-state index in [2.05, 4.69) is 38.2 Å². The molecule has 0 amide bonds. The predicted molar refractivity (Wildman–Crippen MR) is 261 cm³/mol. The summed E-state index contributed by atoms with van der Waals surface area (Å²) < 4.78 is 34.5. The molecule has 0 aliphatic carbocycles. The molecule has 2 atom stereocenters. The molecule has 0 rings (SSSR count). The lowest BCUT2D eigenvalue weighted by molar-refractivity contribution is -0.870. The van der Waals surface area contributed by atoms with Crippen LogP contribution in [0.1, 0.15) is 245 Å². The first-order valence-electron chi connectivity index (χ1n) is 26.1. The van der Waals surface area contributed by atoms with Crippen molar-refractivity contribution in [1.29, 1.82) is 0 Å². The van der Waals surface area contributed by atoms with Crippen LogP contribution in [0.5, 0.6) is 0 Å². The maximum absolute atomic E-state index is 12.8. The van der Waals surface area contributed by atoms with Gasteiger partial charge in [-0.2, -0.15) is 0 Å². The van der Waals surface area contributed by atoms with Gasteiger partial charge in [0.15, 0.2) is 6.10 Å². The van der Waals surface area contributed by atoms with E-state index in [0.717, 1.165) is 32.1 Å². The van der Waals surface area contributed by atoms with Gasteiger partial charge in [-0.25, -0.2) is 4.57 Å². The minimum atomic E-state index is -4.38. The molecule has 0 aliphatic rings. The molecule has 0 heterocycles. The van der Waals surface area contributed by atoms with E-state index in [9.17, 15) is 19.0 Å². The van der Waals surface area contributed by atoms with Gasteiger partial charge in [0.1, 0.15) is 19.8 Å². The molecule has 0 saturated heterocycles. The van der Waals surface area contributed by atoms with Gasteiger partial charge in [-0.3, -0.25) is 18.6 Å². The van der Waals surface area contributed by atoms with Gasteiger partial charge in [-0.15, -0.1) is 0 Å². The number of allylic oxidation sites excluding steroid dienone is 4. The van der Waals surface area contributed by atoms with E-state index in [1.54, 1.807) is 0 Å². The van der Waals surface area contributed by atoms with Crippen LogP contribution < -0.4 is 0 Å². The van der Waals surface area contributed by atoms with Gasteiger partial charge in [0, 0.05) is 12.8 Å². The second-order valence-electron chi connectivity index (χ2n) is 18.9. The van der Waals surface area contributed by atoms with E-state index in [0.29, 0.717) is 17.4 Å². The summed E-state index contributed by atoms with van der Waals surface area (Å²) in [5.41, 5.74) is 0. The highest BCUT2D eigenvalue weighted by molar-refractivity contribution is 7.47. The molecule has 366 valence electrons. The third-order valence-corrected chi connectivity index (χ3v) is 12.4. The van der Waals surface area contributed by atoms with Gasteiger partial charge in [0.05, 0.1) is 27.7 Å². The lowest BCUT2D eigenvalue weighted by Crippen LogP contribution is -2.37. The van der Waals surface area contributed by atoms with E-state index in [-0.39, 0.29) is 32.0 Å². The second kappa shape index (κ2) is 44.7. The van der Waals surface area contributed by atoms with Gasteiger partial charge in [-0.05, 0) is 64.2 Å². The van der Waals surface area contributed by atoms with Crippen LogP contribution in [0, 0.1) is 0 Å². The van der Waals surface area contributed by atoms with E-state index < -0.39 is 26.5 Å². The van der Waals surface area contributed by atoms with E-state index in [1.807, 2.05) is 21.1 Å². The lowest BCUT2D eigenvalue weighted by atomic mass is 10.0. The Morgan fingerprint density at radius 3 is 1.21 bits per heavy atom. The van der Waals surface area contributed by atoms with Crippen molar-refractivity contribution in [2.75, 3.05) is 47.5 Å². The fourth-order valence-corrected chi connectivity index (χ4v) is 8.10. The lowest BCUT2D eigenvalue weighted by Gasteiger charge is -2.24. The molecule has 0 saturated carbocycles. The number of phosphoric acid groups is 1. The van der Waals surface area contributed by atoms with Crippen LogP contribution in [0.4, 0.5) is 0 Å². The number of nitrogens with zero attached hydrogens (tertiary/aromatic N) is 1. The van der Waals surface area contributed by atoms with Crippen molar-refractivity contribution >= 4 is 19.8 Å². The summed E-state index contributed by atoms with van der Waals surface area (Å²) in [6.07, 6.45) is 50.8. The zero-order valence-electron chi connectivity index (χ0n) is 41.4. The molecule has 0 fully saturated rings. The van der Waals surface area contributed by atoms with Crippen LogP contribution >= 0.6 is 7.82 Å². The summed E-state index contributed by atoms with van der Waals surface area (Å²) in [6.45, 7) is 4.44. The maximum Gasteiger partial charge on any atom is 0.472 e. The van der Waals surface area contributed by atoms with Crippen molar-refractivity contribution in [1.82, 2.24) is 0 Å². The molecule has 0 radical (unpaired) electrons. The number of hydrogen-bond acceptors (Lipinski definition) is 7. The highest BCUT2D eigenvalue weighted by Crippen LogP contribution is 2.43. The van der Waals surface area contributed by atoms with Crippen LogP contribution in [0.3, 0.4) is 0 Å². The first-order chi connectivity index (χ1) is 30.0. The Balaban J connectivity index is 4.22. The standard InChI is InChI=1S/C52H100NO8P/c1-6-8-10-12-14-16-18-20-22-24-25-26-27-29-31-33-35-37-39-41-43-45-52(55)61-50(49-60-62(56,57)59-47-46-53(3,4)5)48-58-51(54)44-42-40-38-36-34-32-30-28-23-21-19-17-15-13-11-9-7-2/h17,19-20,22,50H,6-16,18,21,23-49H2,1-5H3/p+1/b19-17+,22-20+/t50-/m1/s1. The van der Waals surface area contributed by atoms with Gasteiger partial charge >= 0.3 is 19.8 Å². The minimum Gasteiger partial charge on any atom is -0.462 e. The molecule has 10 heteroatoms. The smallest absolute Gasteiger partial charge is 0.462 e. The van der Waals surface area contributed by atoms with Crippen molar-refractivity contribution < 1.29 is 42.1 Å². The quantitative estimate of drug-likeness (QED) is 0.0211. The van der Waals surface area contributed by atoms with Gasteiger partial charge in [0.2, 0.25) is 0 Å². The number of esters is 2. The molecule has 0 aromatic rings. The number of phosphoric ester groups is 1. The molecule has 0 aromatic heterocycles. The maximum atomic E-state index is 12.8.